The summed E-state index contributed by atoms with van der Waals surface area (Å²) in [6, 6.07) is 8.10. The molecule has 5 nitrogen and oxygen atoms in total. The van der Waals surface area contributed by atoms with Gasteiger partial charge >= 0.3 is 0 Å². The van der Waals surface area contributed by atoms with E-state index < -0.39 is 0 Å². The minimum Gasteiger partial charge on any atom is -0.497 e. The van der Waals surface area contributed by atoms with Crippen molar-refractivity contribution in [2.45, 2.75) is 18.9 Å². The molecule has 0 fully saturated rings. The van der Waals surface area contributed by atoms with Gasteiger partial charge < -0.3 is 10.1 Å². The molecule has 1 aromatic heterocycles. The van der Waals surface area contributed by atoms with Crippen LogP contribution in [0.4, 0.5) is 5.69 Å². The Kier molecular flexibility index (Phi) is 3.45. The van der Waals surface area contributed by atoms with E-state index in [0.29, 0.717) is 0 Å². The second kappa shape index (κ2) is 5.56. The molecule has 1 aliphatic heterocycles. The molecular formula is C14H16N4O. The van der Waals surface area contributed by atoms with Gasteiger partial charge in [-0.05, 0) is 43.2 Å². The van der Waals surface area contributed by atoms with E-state index in [0.717, 1.165) is 30.8 Å². The van der Waals surface area contributed by atoms with Crippen molar-refractivity contribution in [3.05, 3.63) is 49.3 Å². The molecule has 0 saturated carbocycles. The fourth-order valence-corrected chi connectivity index (χ4v) is 2.04. The molecule has 98 valence electrons. The first-order chi connectivity index (χ1) is 9.42. The molecule has 1 atom stereocenters. The van der Waals surface area contributed by atoms with E-state index in [4.69, 9.17) is 4.74 Å². The molecule has 0 aliphatic carbocycles. The minimum absolute atomic E-state index is 0.264. The van der Waals surface area contributed by atoms with Crippen LogP contribution in [0.1, 0.15) is 12.8 Å². The third-order valence-electron chi connectivity index (χ3n) is 3.11. The number of benzene rings is 1. The molecule has 0 spiro atoms. The topological polar surface area (TPSA) is 52.0 Å². The first-order valence-electron chi connectivity index (χ1n) is 6.41. The molecular weight excluding hydrogens is 240 g/mol. The summed E-state index contributed by atoms with van der Waals surface area (Å²) in [5.41, 5.74) is 2.09. The van der Waals surface area contributed by atoms with Crippen molar-refractivity contribution >= 4 is 5.69 Å². The lowest BCUT2D eigenvalue weighted by Crippen LogP contribution is -2.22. The smallest absolute Gasteiger partial charge is 0.138 e. The monoisotopic (exact) mass is 256 g/mol. The van der Waals surface area contributed by atoms with Gasteiger partial charge in [0.15, 0.2) is 0 Å². The lowest BCUT2D eigenvalue weighted by Gasteiger charge is -2.20. The zero-order valence-corrected chi connectivity index (χ0v) is 10.6. The molecule has 19 heavy (non-hydrogen) atoms. The predicted molar refractivity (Wildman–Crippen MR) is 73.1 cm³/mol. The maximum Gasteiger partial charge on any atom is 0.138 e. The SMILES string of the molecule is C1=COC(CNc2ccc(-n3cncn3)cc2)CC1. The van der Waals surface area contributed by atoms with Crippen molar-refractivity contribution in [3.63, 3.8) is 0 Å². The van der Waals surface area contributed by atoms with Crippen molar-refractivity contribution < 1.29 is 4.74 Å². The number of aromatic nitrogens is 3. The molecule has 0 amide bonds. The first-order valence-corrected chi connectivity index (χ1v) is 6.41. The van der Waals surface area contributed by atoms with E-state index in [1.807, 2.05) is 24.3 Å². The van der Waals surface area contributed by atoms with E-state index in [2.05, 4.69) is 21.5 Å². The number of ether oxygens (including phenoxy) is 1. The van der Waals surface area contributed by atoms with E-state index in [9.17, 15) is 0 Å². The normalized spacial score (nSPS) is 18.0. The van der Waals surface area contributed by atoms with Crippen LogP contribution in [-0.2, 0) is 4.74 Å². The highest BCUT2D eigenvalue weighted by molar-refractivity contribution is 5.48. The quantitative estimate of drug-likeness (QED) is 0.912. The maximum atomic E-state index is 5.52. The second-order valence-electron chi connectivity index (χ2n) is 4.48. The summed E-state index contributed by atoms with van der Waals surface area (Å²) in [6.07, 6.45) is 9.50. The van der Waals surface area contributed by atoms with Gasteiger partial charge in [0.2, 0.25) is 0 Å². The highest BCUT2D eigenvalue weighted by Gasteiger charge is 2.10. The van der Waals surface area contributed by atoms with E-state index in [1.54, 1.807) is 17.3 Å². The van der Waals surface area contributed by atoms with Gasteiger partial charge in [0.1, 0.15) is 18.8 Å². The number of anilines is 1. The van der Waals surface area contributed by atoms with Gasteiger partial charge in [-0.2, -0.15) is 5.10 Å². The molecule has 1 aromatic carbocycles. The van der Waals surface area contributed by atoms with Crippen molar-refractivity contribution in [2.75, 3.05) is 11.9 Å². The van der Waals surface area contributed by atoms with E-state index in [1.165, 1.54) is 6.33 Å². The Labute approximate surface area is 111 Å². The fourth-order valence-electron chi connectivity index (χ4n) is 2.04. The molecule has 0 bridgehead atoms. The Hall–Kier alpha value is -2.30. The van der Waals surface area contributed by atoms with Crippen molar-refractivity contribution in [1.29, 1.82) is 0 Å². The molecule has 2 heterocycles. The first kappa shape index (κ1) is 11.8. The van der Waals surface area contributed by atoms with Crippen LogP contribution in [0, 0.1) is 0 Å². The Morgan fingerprint density at radius 1 is 1.32 bits per heavy atom. The lowest BCUT2D eigenvalue weighted by molar-refractivity contribution is 0.135. The number of hydrogen-bond acceptors (Lipinski definition) is 4. The largest absolute Gasteiger partial charge is 0.497 e. The molecule has 3 rings (SSSR count). The summed E-state index contributed by atoms with van der Waals surface area (Å²) in [5, 5.41) is 7.48. The Balaban J connectivity index is 1.58. The van der Waals surface area contributed by atoms with Crippen molar-refractivity contribution in [2.24, 2.45) is 0 Å². The third kappa shape index (κ3) is 2.93. The highest BCUT2D eigenvalue weighted by Crippen LogP contribution is 2.14. The maximum absolute atomic E-state index is 5.52. The van der Waals surface area contributed by atoms with Crippen molar-refractivity contribution in [1.82, 2.24) is 14.8 Å². The summed E-state index contributed by atoms with van der Waals surface area (Å²) in [4.78, 5) is 3.93. The van der Waals surface area contributed by atoms with Gasteiger partial charge in [-0.3, -0.25) is 0 Å². The van der Waals surface area contributed by atoms with Gasteiger partial charge in [-0.25, -0.2) is 9.67 Å². The van der Waals surface area contributed by atoms with Gasteiger partial charge in [-0.15, -0.1) is 0 Å². The summed E-state index contributed by atoms with van der Waals surface area (Å²) in [5.74, 6) is 0. The van der Waals surface area contributed by atoms with Gasteiger partial charge in [0.25, 0.3) is 0 Å². The Bertz CT molecular complexity index is 533. The average Bonchev–Trinajstić information content (AvgIpc) is 3.01. The zero-order chi connectivity index (χ0) is 12.9. The van der Waals surface area contributed by atoms with Crippen LogP contribution in [0.25, 0.3) is 5.69 Å². The summed E-state index contributed by atoms with van der Waals surface area (Å²) in [7, 11) is 0. The van der Waals surface area contributed by atoms with Gasteiger partial charge in [0, 0.05) is 5.69 Å². The van der Waals surface area contributed by atoms with Crippen LogP contribution in [-0.4, -0.2) is 27.4 Å². The lowest BCUT2D eigenvalue weighted by atomic mass is 10.1. The van der Waals surface area contributed by atoms with Gasteiger partial charge in [-0.1, -0.05) is 0 Å². The third-order valence-corrected chi connectivity index (χ3v) is 3.11. The molecule has 0 saturated heterocycles. The van der Waals surface area contributed by atoms with Crippen LogP contribution in [0.5, 0.6) is 0 Å². The van der Waals surface area contributed by atoms with Crippen LogP contribution in [0.2, 0.25) is 0 Å². The summed E-state index contributed by atoms with van der Waals surface area (Å²) in [6.45, 7) is 0.826. The molecule has 0 radical (unpaired) electrons. The predicted octanol–water partition coefficient (Wildman–Crippen LogP) is 2.37. The van der Waals surface area contributed by atoms with E-state index in [-0.39, 0.29) is 6.10 Å². The number of nitrogens with one attached hydrogen (secondary N) is 1. The number of nitrogens with zero attached hydrogens (tertiary/aromatic N) is 3. The van der Waals surface area contributed by atoms with Crippen LogP contribution in [0.15, 0.2) is 49.3 Å². The van der Waals surface area contributed by atoms with Crippen molar-refractivity contribution in [3.8, 4) is 5.69 Å². The molecule has 5 heteroatoms. The molecule has 2 aromatic rings. The zero-order valence-electron chi connectivity index (χ0n) is 10.6. The van der Waals surface area contributed by atoms with Crippen LogP contribution >= 0.6 is 0 Å². The number of allylic oxidation sites excluding steroid dienone is 1. The number of rotatable bonds is 4. The van der Waals surface area contributed by atoms with Crippen LogP contribution < -0.4 is 5.32 Å². The second-order valence-corrected chi connectivity index (χ2v) is 4.48. The number of hydrogen-bond donors (Lipinski definition) is 1. The molecule has 1 N–H and O–H groups in total. The standard InChI is InChI=1S/C14H16N4O/c1-2-8-19-14(3-1)9-16-12-4-6-13(7-5-12)18-11-15-10-17-18/h2,4-8,10-11,14,16H,1,3,9H2. The Morgan fingerprint density at radius 3 is 2.89 bits per heavy atom. The molecule has 1 aliphatic rings. The van der Waals surface area contributed by atoms with Crippen LogP contribution in [0.3, 0.4) is 0 Å². The average molecular weight is 256 g/mol. The summed E-state index contributed by atoms with van der Waals surface area (Å²) < 4.78 is 7.25. The summed E-state index contributed by atoms with van der Waals surface area (Å²) >= 11 is 0. The minimum atomic E-state index is 0.264. The fraction of sp³-hybridized carbons (Fsp3) is 0.286. The van der Waals surface area contributed by atoms with Gasteiger partial charge in [0.05, 0.1) is 18.5 Å². The Morgan fingerprint density at radius 2 is 2.21 bits per heavy atom. The highest BCUT2D eigenvalue weighted by atomic mass is 16.5. The van der Waals surface area contributed by atoms with E-state index >= 15 is 0 Å². The molecule has 1 unspecified atom stereocenters.